The van der Waals surface area contributed by atoms with E-state index in [1.807, 2.05) is 19.1 Å². The van der Waals surface area contributed by atoms with Crippen molar-refractivity contribution >= 4 is 44.8 Å². The minimum absolute atomic E-state index is 0.0834. The Labute approximate surface area is 129 Å². The van der Waals surface area contributed by atoms with E-state index in [-0.39, 0.29) is 11.9 Å². The standard InChI is InChI=1S/C14H11BrCl2FN/c1-8(11-4-3-10(18)7-13(11)17)19-14-6-9(15)2-5-12(14)16/h2-8,19H,1H3. The van der Waals surface area contributed by atoms with Gasteiger partial charge in [-0.3, -0.25) is 0 Å². The number of hydrogen-bond acceptors (Lipinski definition) is 1. The molecule has 0 aliphatic heterocycles. The molecule has 5 heteroatoms. The summed E-state index contributed by atoms with van der Waals surface area (Å²) in [5, 5.41) is 4.27. The molecule has 100 valence electrons. The molecule has 0 fully saturated rings. The maximum atomic E-state index is 13.0. The summed E-state index contributed by atoms with van der Waals surface area (Å²) in [6.07, 6.45) is 0. The molecule has 1 unspecified atom stereocenters. The van der Waals surface area contributed by atoms with E-state index in [1.54, 1.807) is 12.1 Å². The lowest BCUT2D eigenvalue weighted by atomic mass is 10.1. The Balaban J connectivity index is 2.25. The van der Waals surface area contributed by atoms with Crippen molar-refractivity contribution in [1.82, 2.24) is 0 Å². The normalized spacial score (nSPS) is 12.3. The Morgan fingerprint density at radius 3 is 2.53 bits per heavy atom. The molecule has 0 saturated heterocycles. The van der Waals surface area contributed by atoms with Gasteiger partial charge < -0.3 is 5.32 Å². The molecule has 0 aliphatic carbocycles. The van der Waals surface area contributed by atoms with E-state index in [4.69, 9.17) is 23.2 Å². The number of benzene rings is 2. The van der Waals surface area contributed by atoms with Gasteiger partial charge in [0.1, 0.15) is 5.82 Å². The monoisotopic (exact) mass is 361 g/mol. The molecule has 0 aromatic heterocycles. The van der Waals surface area contributed by atoms with Crippen molar-refractivity contribution in [1.29, 1.82) is 0 Å². The number of halogens is 4. The highest BCUT2D eigenvalue weighted by Gasteiger charge is 2.12. The first-order chi connectivity index (χ1) is 8.97. The summed E-state index contributed by atoms with van der Waals surface area (Å²) < 4.78 is 14.0. The van der Waals surface area contributed by atoms with Crippen LogP contribution in [0.1, 0.15) is 18.5 Å². The van der Waals surface area contributed by atoms with Crippen LogP contribution in [0, 0.1) is 5.82 Å². The summed E-state index contributed by atoms with van der Waals surface area (Å²) in [5.74, 6) is -0.346. The highest BCUT2D eigenvalue weighted by atomic mass is 79.9. The van der Waals surface area contributed by atoms with Crippen molar-refractivity contribution in [3.05, 3.63) is 62.3 Å². The number of anilines is 1. The van der Waals surface area contributed by atoms with Gasteiger partial charge in [0.25, 0.3) is 0 Å². The van der Waals surface area contributed by atoms with Gasteiger partial charge >= 0.3 is 0 Å². The molecular weight excluding hydrogens is 352 g/mol. The molecule has 0 aliphatic rings. The molecule has 19 heavy (non-hydrogen) atoms. The van der Waals surface area contributed by atoms with Gasteiger partial charge in [-0.25, -0.2) is 4.39 Å². The zero-order chi connectivity index (χ0) is 14.0. The van der Waals surface area contributed by atoms with Crippen molar-refractivity contribution in [2.45, 2.75) is 13.0 Å². The van der Waals surface area contributed by atoms with E-state index in [9.17, 15) is 4.39 Å². The predicted octanol–water partition coefficient (Wildman–Crippen LogP) is 6.07. The highest BCUT2D eigenvalue weighted by molar-refractivity contribution is 9.10. The highest BCUT2D eigenvalue weighted by Crippen LogP contribution is 2.31. The first kappa shape index (κ1) is 14.6. The second-order valence-corrected chi connectivity index (χ2v) is 5.89. The number of nitrogens with one attached hydrogen (secondary N) is 1. The molecular formula is C14H11BrCl2FN. The van der Waals surface area contributed by atoms with Crippen molar-refractivity contribution in [2.24, 2.45) is 0 Å². The summed E-state index contributed by atoms with van der Waals surface area (Å²) in [4.78, 5) is 0. The first-order valence-electron chi connectivity index (χ1n) is 5.64. The quantitative estimate of drug-likeness (QED) is 0.698. The predicted molar refractivity (Wildman–Crippen MR) is 82.6 cm³/mol. The Hall–Kier alpha value is -0.770. The van der Waals surface area contributed by atoms with Gasteiger partial charge in [-0.1, -0.05) is 45.2 Å². The van der Waals surface area contributed by atoms with E-state index < -0.39 is 0 Å². The van der Waals surface area contributed by atoms with Gasteiger partial charge in [0.05, 0.1) is 16.8 Å². The topological polar surface area (TPSA) is 12.0 Å². The zero-order valence-electron chi connectivity index (χ0n) is 10.1. The van der Waals surface area contributed by atoms with Gasteiger partial charge in [0.15, 0.2) is 0 Å². The van der Waals surface area contributed by atoms with Crippen LogP contribution in [0.3, 0.4) is 0 Å². The molecule has 2 aromatic rings. The SMILES string of the molecule is CC(Nc1cc(Br)ccc1Cl)c1ccc(F)cc1Cl. The molecule has 0 bridgehead atoms. The average molecular weight is 363 g/mol. The Morgan fingerprint density at radius 1 is 1.11 bits per heavy atom. The summed E-state index contributed by atoms with van der Waals surface area (Å²) in [6, 6.07) is 9.83. The van der Waals surface area contributed by atoms with Crippen LogP contribution in [0.4, 0.5) is 10.1 Å². The first-order valence-corrected chi connectivity index (χ1v) is 7.19. The van der Waals surface area contributed by atoms with Crippen LogP contribution in [0.25, 0.3) is 0 Å². The lowest BCUT2D eigenvalue weighted by Gasteiger charge is -2.18. The van der Waals surface area contributed by atoms with E-state index in [1.165, 1.54) is 12.1 Å². The van der Waals surface area contributed by atoms with E-state index in [2.05, 4.69) is 21.2 Å². The minimum Gasteiger partial charge on any atom is -0.377 e. The second-order valence-electron chi connectivity index (χ2n) is 4.16. The van der Waals surface area contributed by atoms with E-state index in [0.717, 1.165) is 15.7 Å². The lowest BCUT2D eigenvalue weighted by molar-refractivity contribution is 0.626. The largest absolute Gasteiger partial charge is 0.377 e. The molecule has 0 radical (unpaired) electrons. The molecule has 1 nitrogen and oxygen atoms in total. The molecule has 2 aromatic carbocycles. The molecule has 0 spiro atoms. The van der Waals surface area contributed by atoms with Gasteiger partial charge in [0.2, 0.25) is 0 Å². The Kier molecular flexibility index (Phi) is 4.71. The van der Waals surface area contributed by atoms with Crippen LogP contribution in [0.15, 0.2) is 40.9 Å². The lowest BCUT2D eigenvalue weighted by Crippen LogP contribution is -2.07. The van der Waals surface area contributed by atoms with Crippen molar-refractivity contribution < 1.29 is 4.39 Å². The molecule has 0 heterocycles. The molecule has 2 rings (SSSR count). The van der Waals surface area contributed by atoms with Gasteiger partial charge in [-0.15, -0.1) is 0 Å². The summed E-state index contributed by atoms with van der Waals surface area (Å²) >= 11 is 15.5. The molecule has 0 amide bonds. The molecule has 1 atom stereocenters. The summed E-state index contributed by atoms with van der Waals surface area (Å²) in [6.45, 7) is 1.94. The second kappa shape index (κ2) is 6.12. The van der Waals surface area contributed by atoms with E-state index in [0.29, 0.717) is 10.0 Å². The minimum atomic E-state index is -0.346. The van der Waals surface area contributed by atoms with Crippen LogP contribution in [-0.4, -0.2) is 0 Å². The van der Waals surface area contributed by atoms with Gasteiger partial charge in [0, 0.05) is 9.50 Å². The fraction of sp³-hybridized carbons (Fsp3) is 0.143. The fourth-order valence-corrected chi connectivity index (χ4v) is 2.64. The maximum Gasteiger partial charge on any atom is 0.124 e. The third-order valence-electron chi connectivity index (χ3n) is 2.73. The average Bonchev–Trinajstić information content (AvgIpc) is 2.33. The summed E-state index contributed by atoms with van der Waals surface area (Å²) in [5.41, 5.74) is 1.61. The number of rotatable bonds is 3. The van der Waals surface area contributed by atoms with Crippen molar-refractivity contribution in [3.8, 4) is 0 Å². The van der Waals surface area contributed by atoms with Crippen LogP contribution in [0.5, 0.6) is 0 Å². The molecule has 1 N–H and O–H groups in total. The van der Waals surface area contributed by atoms with Crippen LogP contribution in [0.2, 0.25) is 10.0 Å². The van der Waals surface area contributed by atoms with Crippen LogP contribution in [-0.2, 0) is 0 Å². The van der Waals surface area contributed by atoms with Crippen molar-refractivity contribution in [2.75, 3.05) is 5.32 Å². The smallest absolute Gasteiger partial charge is 0.124 e. The third-order valence-corrected chi connectivity index (χ3v) is 3.88. The van der Waals surface area contributed by atoms with E-state index >= 15 is 0 Å². The maximum absolute atomic E-state index is 13.0. The van der Waals surface area contributed by atoms with Gasteiger partial charge in [-0.05, 0) is 42.8 Å². The zero-order valence-corrected chi connectivity index (χ0v) is 13.2. The summed E-state index contributed by atoms with van der Waals surface area (Å²) in [7, 11) is 0. The van der Waals surface area contributed by atoms with Crippen LogP contribution >= 0.6 is 39.1 Å². The Morgan fingerprint density at radius 2 is 1.84 bits per heavy atom. The third kappa shape index (κ3) is 3.62. The fourth-order valence-electron chi connectivity index (χ4n) is 1.77. The Bertz CT molecular complexity index is 604. The number of hydrogen-bond donors (Lipinski definition) is 1. The molecule has 0 saturated carbocycles. The van der Waals surface area contributed by atoms with Crippen molar-refractivity contribution in [3.63, 3.8) is 0 Å². The van der Waals surface area contributed by atoms with Gasteiger partial charge in [-0.2, -0.15) is 0 Å². The van der Waals surface area contributed by atoms with Crippen LogP contribution < -0.4 is 5.32 Å².